The summed E-state index contributed by atoms with van der Waals surface area (Å²) >= 11 is 0. The van der Waals surface area contributed by atoms with Gasteiger partial charge in [-0.3, -0.25) is 4.90 Å². The highest BCUT2D eigenvalue weighted by Crippen LogP contribution is 2.20. The number of aliphatic hydroxyl groups excluding tert-OH is 2. The quantitative estimate of drug-likeness (QED) is 0.631. The third kappa shape index (κ3) is 5.25. The van der Waals surface area contributed by atoms with Gasteiger partial charge >= 0.3 is 0 Å². The third-order valence-electron chi connectivity index (χ3n) is 3.12. The van der Waals surface area contributed by atoms with Crippen molar-refractivity contribution < 1.29 is 14.9 Å². The Balaban J connectivity index is 2.23. The number of rotatable bonds is 7. The summed E-state index contributed by atoms with van der Waals surface area (Å²) in [5.74, 6) is 0. The maximum atomic E-state index is 9.44. The van der Waals surface area contributed by atoms with Gasteiger partial charge < -0.3 is 14.9 Å². The topological polar surface area (TPSA) is 52.9 Å². The van der Waals surface area contributed by atoms with E-state index >= 15 is 0 Å². The number of piperidine rings is 1. The summed E-state index contributed by atoms with van der Waals surface area (Å²) < 4.78 is 5.28. The summed E-state index contributed by atoms with van der Waals surface area (Å²) in [6.07, 6.45) is 4.34. The lowest BCUT2D eigenvalue weighted by Crippen LogP contribution is -2.42. The Morgan fingerprint density at radius 2 is 2.19 bits per heavy atom. The molecule has 0 bridgehead atoms. The second-order valence-corrected chi connectivity index (χ2v) is 4.61. The Kier molecular flexibility index (Phi) is 6.96. The van der Waals surface area contributed by atoms with E-state index < -0.39 is 0 Å². The monoisotopic (exact) mass is 231 g/mol. The normalized spacial score (nSPS) is 24.6. The number of hydrogen-bond acceptors (Lipinski definition) is 4. The maximum Gasteiger partial charge on any atom is 0.0698 e. The van der Waals surface area contributed by atoms with Gasteiger partial charge in [0.15, 0.2) is 0 Å². The molecule has 2 N–H and O–H groups in total. The van der Waals surface area contributed by atoms with Crippen molar-refractivity contribution in [2.75, 3.05) is 32.9 Å². The fourth-order valence-electron chi connectivity index (χ4n) is 2.36. The molecular formula is C12H25NO3. The molecule has 4 heteroatoms. The van der Waals surface area contributed by atoms with Gasteiger partial charge in [-0.15, -0.1) is 0 Å². The van der Waals surface area contributed by atoms with Crippen molar-refractivity contribution in [2.45, 2.75) is 44.8 Å². The summed E-state index contributed by atoms with van der Waals surface area (Å²) in [5, 5.41) is 18.0. The van der Waals surface area contributed by atoms with Gasteiger partial charge in [-0.25, -0.2) is 0 Å². The first kappa shape index (κ1) is 13.9. The predicted octanol–water partition coefficient (Wildman–Crippen LogP) is 0.621. The van der Waals surface area contributed by atoms with Gasteiger partial charge in [0.05, 0.1) is 25.9 Å². The molecular weight excluding hydrogens is 206 g/mol. The first-order chi connectivity index (χ1) is 7.74. The van der Waals surface area contributed by atoms with E-state index in [4.69, 9.17) is 9.84 Å². The zero-order chi connectivity index (χ0) is 11.8. The van der Waals surface area contributed by atoms with Crippen LogP contribution in [0.4, 0.5) is 0 Å². The zero-order valence-corrected chi connectivity index (χ0v) is 10.3. The van der Waals surface area contributed by atoms with E-state index in [1.165, 1.54) is 19.3 Å². The molecule has 1 saturated heterocycles. The summed E-state index contributed by atoms with van der Waals surface area (Å²) in [5.41, 5.74) is 0. The molecule has 0 radical (unpaired) electrons. The molecule has 96 valence electrons. The van der Waals surface area contributed by atoms with Gasteiger partial charge in [-0.2, -0.15) is 0 Å². The molecule has 1 heterocycles. The minimum atomic E-state index is -0.219. The molecule has 1 fully saturated rings. The Hall–Kier alpha value is -0.160. The number of ether oxygens (including phenoxy) is 1. The van der Waals surface area contributed by atoms with Crippen LogP contribution in [0.15, 0.2) is 0 Å². The number of hydrogen-bond donors (Lipinski definition) is 2. The number of nitrogens with zero attached hydrogens (tertiary/aromatic N) is 1. The van der Waals surface area contributed by atoms with Crippen molar-refractivity contribution in [3.8, 4) is 0 Å². The minimum Gasteiger partial charge on any atom is -0.394 e. The molecule has 2 atom stereocenters. The second-order valence-electron chi connectivity index (χ2n) is 4.61. The van der Waals surface area contributed by atoms with E-state index in [0.29, 0.717) is 19.3 Å². The molecule has 0 spiro atoms. The molecule has 0 aromatic heterocycles. The third-order valence-corrected chi connectivity index (χ3v) is 3.12. The van der Waals surface area contributed by atoms with Gasteiger partial charge in [0.1, 0.15) is 0 Å². The molecule has 0 amide bonds. The van der Waals surface area contributed by atoms with Crippen LogP contribution in [-0.2, 0) is 4.74 Å². The van der Waals surface area contributed by atoms with Gasteiger partial charge in [0, 0.05) is 12.6 Å². The summed E-state index contributed by atoms with van der Waals surface area (Å²) in [6, 6.07) is 0.506. The van der Waals surface area contributed by atoms with Crippen molar-refractivity contribution >= 4 is 0 Å². The van der Waals surface area contributed by atoms with Crippen molar-refractivity contribution in [1.82, 2.24) is 4.90 Å². The number of likely N-dealkylation sites (tertiary alicyclic amines) is 1. The second kappa shape index (κ2) is 8.01. The molecule has 0 aromatic carbocycles. The molecule has 1 aliphatic rings. The SMILES string of the molecule is CC(O)CC1CCCCN1CCOCCO. The summed E-state index contributed by atoms with van der Waals surface area (Å²) in [6.45, 7) is 5.08. The fraction of sp³-hybridized carbons (Fsp3) is 1.00. The Morgan fingerprint density at radius 1 is 1.38 bits per heavy atom. The van der Waals surface area contributed by atoms with E-state index in [0.717, 1.165) is 19.5 Å². The predicted molar refractivity (Wildman–Crippen MR) is 63.4 cm³/mol. The lowest BCUT2D eigenvalue weighted by molar-refractivity contribution is 0.0394. The molecule has 0 aliphatic carbocycles. The highest BCUT2D eigenvalue weighted by atomic mass is 16.5. The highest BCUT2D eigenvalue weighted by molar-refractivity contribution is 4.78. The summed E-state index contributed by atoms with van der Waals surface area (Å²) in [4.78, 5) is 2.41. The van der Waals surface area contributed by atoms with Crippen LogP contribution in [0.1, 0.15) is 32.6 Å². The molecule has 0 saturated carbocycles. The van der Waals surface area contributed by atoms with Crippen LogP contribution in [-0.4, -0.2) is 60.2 Å². The maximum absolute atomic E-state index is 9.44. The Morgan fingerprint density at radius 3 is 2.88 bits per heavy atom. The molecule has 1 rings (SSSR count). The van der Waals surface area contributed by atoms with Crippen LogP contribution < -0.4 is 0 Å². The highest BCUT2D eigenvalue weighted by Gasteiger charge is 2.22. The van der Waals surface area contributed by atoms with Gasteiger partial charge in [-0.1, -0.05) is 6.42 Å². The largest absolute Gasteiger partial charge is 0.394 e. The van der Waals surface area contributed by atoms with E-state index in [2.05, 4.69) is 4.90 Å². The van der Waals surface area contributed by atoms with Crippen LogP contribution in [0.5, 0.6) is 0 Å². The van der Waals surface area contributed by atoms with Gasteiger partial charge in [0.25, 0.3) is 0 Å². The van der Waals surface area contributed by atoms with Crippen LogP contribution in [0.25, 0.3) is 0 Å². The van der Waals surface area contributed by atoms with Crippen molar-refractivity contribution in [3.63, 3.8) is 0 Å². The van der Waals surface area contributed by atoms with Crippen LogP contribution in [0, 0.1) is 0 Å². The van der Waals surface area contributed by atoms with Crippen molar-refractivity contribution in [2.24, 2.45) is 0 Å². The zero-order valence-electron chi connectivity index (χ0n) is 10.3. The standard InChI is InChI=1S/C12H25NO3/c1-11(15)10-12-4-2-3-5-13(12)6-8-16-9-7-14/h11-12,14-15H,2-10H2,1H3. The number of aliphatic hydroxyl groups is 2. The summed E-state index contributed by atoms with van der Waals surface area (Å²) in [7, 11) is 0. The smallest absolute Gasteiger partial charge is 0.0698 e. The average Bonchev–Trinajstić information content (AvgIpc) is 2.26. The molecule has 2 unspecified atom stereocenters. The Bertz CT molecular complexity index is 176. The first-order valence-corrected chi connectivity index (χ1v) is 6.34. The average molecular weight is 231 g/mol. The van der Waals surface area contributed by atoms with Crippen LogP contribution in [0.2, 0.25) is 0 Å². The van der Waals surface area contributed by atoms with Crippen LogP contribution >= 0.6 is 0 Å². The molecule has 0 aromatic rings. The van der Waals surface area contributed by atoms with Crippen molar-refractivity contribution in [1.29, 1.82) is 0 Å². The molecule has 16 heavy (non-hydrogen) atoms. The molecule has 4 nitrogen and oxygen atoms in total. The lowest BCUT2D eigenvalue weighted by Gasteiger charge is -2.36. The van der Waals surface area contributed by atoms with E-state index in [1.807, 2.05) is 6.92 Å². The van der Waals surface area contributed by atoms with Gasteiger partial charge in [0.2, 0.25) is 0 Å². The van der Waals surface area contributed by atoms with Gasteiger partial charge in [-0.05, 0) is 32.7 Å². The molecule has 1 aliphatic heterocycles. The first-order valence-electron chi connectivity index (χ1n) is 6.34. The van der Waals surface area contributed by atoms with Crippen molar-refractivity contribution in [3.05, 3.63) is 0 Å². The van der Waals surface area contributed by atoms with Crippen LogP contribution in [0.3, 0.4) is 0 Å². The fourth-order valence-corrected chi connectivity index (χ4v) is 2.36. The lowest BCUT2D eigenvalue weighted by atomic mass is 9.97. The van der Waals surface area contributed by atoms with E-state index in [-0.39, 0.29) is 12.7 Å². The minimum absolute atomic E-state index is 0.0943. The van der Waals surface area contributed by atoms with E-state index in [9.17, 15) is 5.11 Å². The Labute approximate surface area is 98.2 Å². The van der Waals surface area contributed by atoms with E-state index in [1.54, 1.807) is 0 Å².